The molecule has 1 aliphatic heterocycles. The summed E-state index contributed by atoms with van der Waals surface area (Å²) in [4.78, 5) is 16.1. The maximum absolute atomic E-state index is 12.0. The van der Waals surface area contributed by atoms with Crippen molar-refractivity contribution >= 4 is 5.91 Å². The SMILES string of the molecule is CNCC(C)C(=O)N1CCN(CCO)CC1. The number of hydrogen-bond donors (Lipinski definition) is 2. The number of carbonyl (C=O) groups is 1. The minimum atomic E-state index is 0.0504. The Hall–Kier alpha value is -0.650. The van der Waals surface area contributed by atoms with Crippen molar-refractivity contribution in [3.8, 4) is 0 Å². The maximum Gasteiger partial charge on any atom is 0.226 e. The first-order valence-electron chi connectivity index (χ1n) is 5.95. The molecule has 16 heavy (non-hydrogen) atoms. The fourth-order valence-corrected chi connectivity index (χ4v) is 2.04. The molecule has 0 aliphatic carbocycles. The highest BCUT2D eigenvalue weighted by atomic mass is 16.3. The Balaban J connectivity index is 2.32. The van der Waals surface area contributed by atoms with Crippen LogP contribution in [0.25, 0.3) is 0 Å². The molecule has 1 rings (SSSR count). The molecular weight excluding hydrogens is 206 g/mol. The number of β-amino-alcohol motifs (C(OH)–C–C–N with tert-alkyl or cyclic N) is 1. The predicted octanol–water partition coefficient (Wildman–Crippen LogP) is -1.02. The quantitative estimate of drug-likeness (QED) is 0.633. The van der Waals surface area contributed by atoms with E-state index in [1.54, 1.807) is 0 Å². The molecule has 1 fully saturated rings. The Bertz CT molecular complexity index is 215. The first-order chi connectivity index (χ1) is 7.69. The standard InChI is InChI=1S/C11H23N3O2/c1-10(9-12-2)11(16)14-5-3-13(4-6-14)7-8-15/h10,12,15H,3-9H2,1-2H3. The topological polar surface area (TPSA) is 55.8 Å². The summed E-state index contributed by atoms with van der Waals surface area (Å²) in [7, 11) is 1.86. The summed E-state index contributed by atoms with van der Waals surface area (Å²) < 4.78 is 0. The van der Waals surface area contributed by atoms with Crippen LogP contribution < -0.4 is 5.32 Å². The molecule has 1 saturated heterocycles. The summed E-state index contributed by atoms with van der Waals surface area (Å²) in [5.74, 6) is 0.285. The second-order valence-electron chi connectivity index (χ2n) is 4.35. The van der Waals surface area contributed by atoms with Crippen molar-refractivity contribution < 1.29 is 9.90 Å². The third kappa shape index (κ3) is 3.73. The smallest absolute Gasteiger partial charge is 0.226 e. The van der Waals surface area contributed by atoms with Crippen LogP contribution in [0.2, 0.25) is 0 Å². The second kappa shape index (κ2) is 6.83. The Morgan fingerprint density at radius 2 is 2.00 bits per heavy atom. The van der Waals surface area contributed by atoms with Gasteiger partial charge in [-0.25, -0.2) is 0 Å². The lowest BCUT2D eigenvalue weighted by Crippen LogP contribution is -2.51. The van der Waals surface area contributed by atoms with Gasteiger partial charge in [-0.15, -0.1) is 0 Å². The molecule has 1 atom stereocenters. The van der Waals surface area contributed by atoms with E-state index in [9.17, 15) is 4.79 Å². The van der Waals surface area contributed by atoms with Gasteiger partial charge in [0.1, 0.15) is 0 Å². The summed E-state index contributed by atoms with van der Waals surface area (Å²) in [6.07, 6.45) is 0. The lowest BCUT2D eigenvalue weighted by molar-refractivity contribution is -0.136. The zero-order chi connectivity index (χ0) is 12.0. The third-order valence-corrected chi connectivity index (χ3v) is 3.03. The van der Waals surface area contributed by atoms with E-state index >= 15 is 0 Å². The van der Waals surface area contributed by atoms with Crippen molar-refractivity contribution in [1.29, 1.82) is 0 Å². The number of piperazine rings is 1. The van der Waals surface area contributed by atoms with Crippen LogP contribution in [-0.2, 0) is 4.79 Å². The van der Waals surface area contributed by atoms with Crippen molar-refractivity contribution in [2.75, 3.05) is 52.9 Å². The van der Waals surface area contributed by atoms with Gasteiger partial charge >= 0.3 is 0 Å². The number of amides is 1. The molecule has 94 valence electrons. The van der Waals surface area contributed by atoms with Crippen LogP contribution in [0.5, 0.6) is 0 Å². The van der Waals surface area contributed by atoms with Gasteiger partial charge in [0.2, 0.25) is 5.91 Å². The zero-order valence-corrected chi connectivity index (χ0v) is 10.3. The maximum atomic E-state index is 12.0. The lowest BCUT2D eigenvalue weighted by Gasteiger charge is -2.35. The van der Waals surface area contributed by atoms with Crippen LogP contribution in [0.1, 0.15) is 6.92 Å². The summed E-state index contributed by atoms with van der Waals surface area (Å²) in [5, 5.41) is 11.8. The van der Waals surface area contributed by atoms with Gasteiger partial charge in [-0.05, 0) is 7.05 Å². The normalized spacial score (nSPS) is 19.8. The van der Waals surface area contributed by atoms with Gasteiger partial charge in [0, 0.05) is 45.2 Å². The fourth-order valence-electron chi connectivity index (χ4n) is 2.04. The van der Waals surface area contributed by atoms with Gasteiger partial charge in [0.05, 0.1) is 6.61 Å². The Morgan fingerprint density at radius 1 is 1.38 bits per heavy atom. The van der Waals surface area contributed by atoms with Crippen LogP contribution in [0.15, 0.2) is 0 Å². The van der Waals surface area contributed by atoms with Crippen LogP contribution in [-0.4, -0.2) is 73.7 Å². The van der Waals surface area contributed by atoms with E-state index < -0.39 is 0 Å². The molecule has 1 aliphatic rings. The Morgan fingerprint density at radius 3 is 2.50 bits per heavy atom. The van der Waals surface area contributed by atoms with Crippen LogP contribution in [0.4, 0.5) is 0 Å². The monoisotopic (exact) mass is 229 g/mol. The van der Waals surface area contributed by atoms with E-state index in [-0.39, 0.29) is 18.4 Å². The highest BCUT2D eigenvalue weighted by Gasteiger charge is 2.23. The summed E-state index contributed by atoms with van der Waals surface area (Å²) in [5.41, 5.74) is 0. The number of nitrogens with one attached hydrogen (secondary N) is 1. The van der Waals surface area contributed by atoms with Crippen molar-refractivity contribution in [2.45, 2.75) is 6.92 Å². The summed E-state index contributed by atoms with van der Waals surface area (Å²) in [6.45, 7) is 6.92. The largest absolute Gasteiger partial charge is 0.395 e. The molecule has 1 heterocycles. The number of nitrogens with zero attached hydrogens (tertiary/aromatic N) is 2. The molecule has 0 spiro atoms. The zero-order valence-electron chi connectivity index (χ0n) is 10.3. The van der Waals surface area contributed by atoms with Gasteiger partial charge in [-0.3, -0.25) is 9.69 Å². The average molecular weight is 229 g/mol. The van der Waals surface area contributed by atoms with Gasteiger partial charge in [0.15, 0.2) is 0 Å². The molecule has 0 aromatic rings. The summed E-state index contributed by atoms with van der Waals surface area (Å²) >= 11 is 0. The van der Waals surface area contributed by atoms with E-state index in [0.717, 1.165) is 32.7 Å². The van der Waals surface area contributed by atoms with Gasteiger partial charge in [-0.1, -0.05) is 6.92 Å². The Kier molecular flexibility index (Phi) is 5.73. The number of hydrogen-bond acceptors (Lipinski definition) is 4. The molecule has 0 radical (unpaired) electrons. The molecular formula is C11H23N3O2. The molecule has 0 aromatic carbocycles. The van der Waals surface area contributed by atoms with E-state index in [1.807, 2.05) is 18.9 Å². The number of aliphatic hydroxyl groups is 1. The van der Waals surface area contributed by atoms with Crippen molar-refractivity contribution in [1.82, 2.24) is 15.1 Å². The first-order valence-corrected chi connectivity index (χ1v) is 5.95. The van der Waals surface area contributed by atoms with Gasteiger partial charge < -0.3 is 15.3 Å². The fraction of sp³-hybridized carbons (Fsp3) is 0.909. The predicted molar refractivity (Wildman–Crippen MR) is 63.2 cm³/mol. The molecule has 5 heteroatoms. The van der Waals surface area contributed by atoms with E-state index in [2.05, 4.69) is 10.2 Å². The molecule has 5 nitrogen and oxygen atoms in total. The molecule has 0 saturated carbocycles. The van der Waals surface area contributed by atoms with Crippen molar-refractivity contribution in [3.63, 3.8) is 0 Å². The molecule has 2 N–H and O–H groups in total. The van der Waals surface area contributed by atoms with Crippen LogP contribution in [0, 0.1) is 5.92 Å². The van der Waals surface area contributed by atoms with Crippen LogP contribution in [0.3, 0.4) is 0 Å². The van der Waals surface area contributed by atoms with E-state index in [4.69, 9.17) is 5.11 Å². The number of rotatable bonds is 5. The first kappa shape index (κ1) is 13.4. The van der Waals surface area contributed by atoms with Gasteiger partial charge in [0.25, 0.3) is 0 Å². The van der Waals surface area contributed by atoms with E-state index in [0.29, 0.717) is 6.54 Å². The molecule has 1 amide bonds. The van der Waals surface area contributed by atoms with Crippen molar-refractivity contribution in [3.05, 3.63) is 0 Å². The van der Waals surface area contributed by atoms with Crippen LogP contribution >= 0.6 is 0 Å². The number of carbonyl (C=O) groups excluding carboxylic acids is 1. The van der Waals surface area contributed by atoms with E-state index in [1.165, 1.54) is 0 Å². The minimum absolute atomic E-state index is 0.0504. The average Bonchev–Trinajstić information content (AvgIpc) is 2.30. The third-order valence-electron chi connectivity index (χ3n) is 3.03. The molecule has 0 aromatic heterocycles. The van der Waals surface area contributed by atoms with Gasteiger partial charge in [-0.2, -0.15) is 0 Å². The summed E-state index contributed by atoms with van der Waals surface area (Å²) in [6, 6.07) is 0. The number of aliphatic hydroxyl groups excluding tert-OH is 1. The highest BCUT2D eigenvalue weighted by Crippen LogP contribution is 2.06. The molecule has 1 unspecified atom stereocenters. The highest BCUT2D eigenvalue weighted by molar-refractivity contribution is 5.78. The molecule has 0 bridgehead atoms. The van der Waals surface area contributed by atoms with Crippen molar-refractivity contribution in [2.24, 2.45) is 5.92 Å². The minimum Gasteiger partial charge on any atom is -0.395 e. The lowest BCUT2D eigenvalue weighted by atomic mass is 10.1. The Labute approximate surface area is 97.4 Å². The second-order valence-corrected chi connectivity index (χ2v) is 4.35.